The monoisotopic (exact) mass is 172 g/mol. The minimum atomic E-state index is -0.361. The van der Waals surface area contributed by atoms with Gasteiger partial charge in [-0.2, -0.15) is 0 Å². The van der Waals surface area contributed by atoms with Gasteiger partial charge in [-0.1, -0.05) is 13.5 Å². The van der Waals surface area contributed by atoms with Crippen molar-refractivity contribution in [3.05, 3.63) is 12.2 Å². The van der Waals surface area contributed by atoms with Gasteiger partial charge in [0, 0.05) is 12.2 Å². The number of hydrogen-bond acceptors (Lipinski definition) is 3. The Morgan fingerprint density at radius 1 is 1.67 bits per heavy atom. The average molecular weight is 172 g/mol. The van der Waals surface area contributed by atoms with E-state index in [1.165, 1.54) is 0 Å². The van der Waals surface area contributed by atoms with Crippen molar-refractivity contribution in [1.29, 1.82) is 0 Å². The molecule has 0 heterocycles. The van der Waals surface area contributed by atoms with Crippen molar-refractivity contribution in [2.24, 2.45) is 5.92 Å². The molecule has 70 valence electrons. The Morgan fingerprint density at radius 2 is 2.25 bits per heavy atom. The molecule has 0 aliphatic rings. The first-order chi connectivity index (χ1) is 5.57. The van der Waals surface area contributed by atoms with E-state index in [4.69, 9.17) is 9.84 Å². The molecule has 0 spiro atoms. The predicted octanol–water partition coefficient (Wildman–Crippen LogP) is 1.12. The molecule has 12 heavy (non-hydrogen) atoms. The smallest absolute Gasteiger partial charge is 0.333 e. The molecule has 0 saturated carbocycles. The quantitative estimate of drug-likeness (QED) is 0.499. The molecule has 3 nitrogen and oxygen atoms in total. The van der Waals surface area contributed by atoms with Crippen LogP contribution in [-0.2, 0) is 9.53 Å². The van der Waals surface area contributed by atoms with Crippen LogP contribution < -0.4 is 0 Å². The standard InChI is InChI=1S/C9H16O3/c1-7(2)9(11)12-6-8(3)4-5-10/h8,10H,1,4-6H2,2-3H3. The van der Waals surface area contributed by atoms with Gasteiger partial charge < -0.3 is 9.84 Å². The maximum Gasteiger partial charge on any atom is 0.333 e. The van der Waals surface area contributed by atoms with E-state index in [-0.39, 0.29) is 18.5 Å². The molecule has 0 radical (unpaired) electrons. The largest absolute Gasteiger partial charge is 0.462 e. The first kappa shape index (κ1) is 11.2. The summed E-state index contributed by atoms with van der Waals surface area (Å²) in [4.78, 5) is 10.9. The van der Waals surface area contributed by atoms with Crippen molar-refractivity contribution in [2.45, 2.75) is 20.3 Å². The molecular formula is C9H16O3. The van der Waals surface area contributed by atoms with E-state index in [0.717, 1.165) is 0 Å². The van der Waals surface area contributed by atoms with Crippen LogP contribution in [0, 0.1) is 5.92 Å². The molecule has 0 bridgehead atoms. The van der Waals surface area contributed by atoms with Crippen molar-refractivity contribution in [1.82, 2.24) is 0 Å². The summed E-state index contributed by atoms with van der Waals surface area (Å²) >= 11 is 0. The normalized spacial score (nSPS) is 12.2. The third-order valence-electron chi connectivity index (χ3n) is 1.47. The Morgan fingerprint density at radius 3 is 2.67 bits per heavy atom. The molecule has 0 amide bonds. The number of hydrogen-bond donors (Lipinski definition) is 1. The van der Waals surface area contributed by atoms with Crippen molar-refractivity contribution >= 4 is 5.97 Å². The Balaban J connectivity index is 3.54. The second-order valence-electron chi connectivity index (χ2n) is 3.00. The van der Waals surface area contributed by atoms with Crippen LogP contribution in [0.25, 0.3) is 0 Å². The van der Waals surface area contributed by atoms with Gasteiger partial charge in [-0.05, 0) is 19.3 Å². The van der Waals surface area contributed by atoms with E-state index >= 15 is 0 Å². The summed E-state index contributed by atoms with van der Waals surface area (Å²) in [6, 6.07) is 0. The van der Waals surface area contributed by atoms with E-state index in [1.54, 1.807) is 6.92 Å². The molecule has 1 atom stereocenters. The summed E-state index contributed by atoms with van der Waals surface area (Å²) in [5.41, 5.74) is 0.409. The zero-order chi connectivity index (χ0) is 9.56. The fourth-order valence-electron chi connectivity index (χ4n) is 0.645. The van der Waals surface area contributed by atoms with E-state index in [1.807, 2.05) is 6.92 Å². The fraction of sp³-hybridized carbons (Fsp3) is 0.667. The van der Waals surface area contributed by atoms with Gasteiger partial charge in [-0.25, -0.2) is 4.79 Å². The van der Waals surface area contributed by atoms with Crippen LogP contribution in [-0.4, -0.2) is 24.3 Å². The molecule has 1 N–H and O–H groups in total. The second-order valence-corrected chi connectivity index (χ2v) is 3.00. The summed E-state index contributed by atoms with van der Waals surface area (Å²) < 4.78 is 4.87. The summed E-state index contributed by atoms with van der Waals surface area (Å²) in [5.74, 6) is -0.155. The molecule has 0 aliphatic heterocycles. The molecule has 0 aromatic heterocycles. The molecule has 0 aliphatic carbocycles. The Kier molecular flexibility index (Phi) is 5.37. The predicted molar refractivity (Wildman–Crippen MR) is 46.6 cm³/mol. The van der Waals surface area contributed by atoms with Crippen LogP contribution in [0.1, 0.15) is 20.3 Å². The summed E-state index contributed by atoms with van der Waals surface area (Å²) in [5, 5.41) is 8.55. The van der Waals surface area contributed by atoms with Crippen molar-refractivity contribution < 1.29 is 14.6 Å². The van der Waals surface area contributed by atoms with Gasteiger partial charge in [0.05, 0.1) is 6.61 Å². The molecule has 0 saturated heterocycles. The number of carbonyl (C=O) groups is 1. The lowest BCUT2D eigenvalue weighted by molar-refractivity contribution is -0.140. The van der Waals surface area contributed by atoms with Crippen molar-refractivity contribution in [2.75, 3.05) is 13.2 Å². The van der Waals surface area contributed by atoms with Crippen molar-refractivity contribution in [3.63, 3.8) is 0 Å². The third kappa shape index (κ3) is 4.91. The van der Waals surface area contributed by atoms with Crippen LogP contribution in [0.2, 0.25) is 0 Å². The summed E-state index contributed by atoms with van der Waals surface area (Å²) in [6.45, 7) is 7.47. The van der Waals surface area contributed by atoms with Crippen LogP contribution in [0.15, 0.2) is 12.2 Å². The Hall–Kier alpha value is -0.830. The lowest BCUT2D eigenvalue weighted by Crippen LogP contribution is -2.13. The first-order valence-corrected chi connectivity index (χ1v) is 4.01. The number of carbonyl (C=O) groups excluding carboxylic acids is 1. The molecular weight excluding hydrogens is 156 g/mol. The summed E-state index contributed by atoms with van der Waals surface area (Å²) in [6.07, 6.45) is 0.656. The first-order valence-electron chi connectivity index (χ1n) is 4.01. The lowest BCUT2D eigenvalue weighted by atomic mass is 10.1. The van der Waals surface area contributed by atoms with Crippen LogP contribution in [0.5, 0.6) is 0 Å². The maximum absolute atomic E-state index is 10.9. The van der Waals surface area contributed by atoms with Gasteiger partial charge in [0.25, 0.3) is 0 Å². The minimum Gasteiger partial charge on any atom is -0.462 e. The van der Waals surface area contributed by atoms with Crippen LogP contribution in [0.3, 0.4) is 0 Å². The van der Waals surface area contributed by atoms with Crippen molar-refractivity contribution in [3.8, 4) is 0 Å². The van der Waals surface area contributed by atoms with Crippen LogP contribution >= 0.6 is 0 Å². The molecule has 0 aromatic rings. The van der Waals surface area contributed by atoms with Gasteiger partial charge >= 0.3 is 5.97 Å². The van der Waals surface area contributed by atoms with E-state index < -0.39 is 0 Å². The van der Waals surface area contributed by atoms with Gasteiger partial charge in [-0.15, -0.1) is 0 Å². The number of rotatable bonds is 5. The number of aliphatic hydroxyl groups is 1. The third-order valence-corrected chi connectivity index (χ3v) is 1.47. The molecule has 3 heteroatoms. The molecule has 1 unspecified atom stereocenters. The highest BCUT2D eigenvalue weighted by Gasteiger charge is 2.06. The lowest BCUT2D eigenvalue weighted by Gasteiger charge is -2.09. The molecule has 0 rings (SSSR count). The molecule has 0 aromatic carbocycles. The highest BCUT2D eigenvalue weighted by molar-refractivity contribution is 5.86. The number of aliphatic hydroxyl groups excluding tert-OH is 1. The highest BCUT2D eigenvalue weighted by Crippen LogP contribution is 2.02. The second kappa shape index (κ2) is 5.77. The average Bonchev–Trinajstić information content (AvgIpc) is 2.00. The number of ether oxygens (including phenoxy) is 1. The van der Waals surface area contributed by atoms with E-state index in [9.17, 15) is 4.79 Å². The zero-order valence-corrected chi connectivity index (χ0v) is 7.67. The highest BCUT2D eigenvalue weighted by atomic mass is 16.5. The van der Waals surface area contributed by atoms with Crippen LogP contribution in [0.4, 0.5) is 0 Å². The minimum absolute atomic E-state index is 0.131. The SMILES string of the molecule is C=C(C)C(=O)OCC(C)CCO. The van der Waals surface area contributed by atoms with Gasteiger partial charge in [0.1, 0.15) is 0 Å². The van der Waals surface area contributed by atoms with E-state index in [2.05, 4.69) is 6.58 Å². The fourth-order valence-corrected chi connectivity index (χ4v) is 0.645. The number of esters is 1. The molecule has 0 fully saturated rings. The zero-order valence-electron chi connectivity index (χ0n) is 7.67. The Bertz CT molecular complexity index is 163. The van der Waals surface area contributed by atoms with Gasteiger partial charge in [-0.3, -0.25) is 0 Å². The topological polar surface area (TPSA) is 46.5 Å². The maximum atomic E-state index is 10.9. The van der Waals surface area contributed by atoms with E-state index in [0.29, 0.717) is 18.6 Å². The van der Waals surface area contributed by atoms with Gasteiger partial charge in [0.2, 0.25) is 0 Å². The van der Waals surface area contributed by atoms with Gasteiger partial charge in [0.15, 0.2) is 0 Å². The summed E-state index contributed by atoms with van der Waals surface area (Å²) in [7, 11) is 0. The Labute approximate surface area is 73.0 Å².